The number of carbonyl (C=O) groups excluding carboxylic acids is 1. The van der Waals surface area contributed by atoms with E-state index in [1.165, 1.54) is 35.5 Å². The van der Waals surface area contributed by atoms with Crippen LogP contribution < -0.4 is 5.32 Å². The van der Waals surface area contributed by atoms with E-state index in [9.17, 15) is 22.0 Å². The Morgan fingerprint density at radius 1 is 1.14 bits per heavy atom. The number of hydrogen-bond acceptors (Lipinski definition) is 5. The van der Waals surface area contributed by atoms with Gasteiger partial charge in [-0.1, -0.05) is 26.0 Å². The molecule has 2 aromatic rings. The third-order valence-corrected chi connectivity index (χ3v) is 7.57. The third kappa shape index (κ3) is 6.30. The zero-order valence-corrected chi connectivity index (χ0v) is 21.3. The molecule has 192 valence electrons. The number of sulfonamides is 1. The van der Waals surface area contributed by atoms with Crippen molar-refractivity contribution in [3.05, 3.63) is 71.3 Å². The molecule has 0 saturated carbocycles. The summed E-state index contributed by atoms with van der Waals surface area (Å²) in [6.45, 7) is 6.18. The van der Waals surface area contributed by atoms with Crippen LogP contribution in [-0.2, 0) is 14.8 Å². The fraction of sp³-hybridized carbons (Fsp3) is 0.346. The summed E-state index contributed by atoms with van der Waals surface area (Å²) in [5, 5.41) is 10.7. The molecule has 0 fully saturated rings. The van der Waals surface area contributed by atoms with Gasteiger partial charge in [-0.3, -0.25) is 9.79 Å². The second kappa shape index (κ2) is 11.7. The van der Waals surface area contributed by atoms with Gasteiger partial charge in [-0.2, -0.15) is 4.31 Å². The molecule has 36 heavy (non-hydrogen) atoms. The van der Waals surface area contributed by atoms with Crippen LogP contribution in [0.1, 0.15) is 51.2 Å². The molecule has 1 unspecified atom stereocenters. The summed E-state index contributed by atoms with van der Waals surface area (Å²) in [6, 6.07) is 9.31. The lowest BCUT2D eigenvalue weighted by Gasteiger charge is -2.22. The van der Waals surface area contributed by atoms with Crippen molar-refractivity contribution in [1.82, 2.24) is 9.62 Å². The first-order valence-corrected chi connectivity index (χ1v) is 13.2. The van der Waals surface area contributed by atoms with Gasteiger partial charge in [0.05, 0.1) is 17.0 Å². The first-order chi connectivity index (χ1) is 17.1. The molecule has 2 aromatic carbocycles. The molecule has 10 heteroatoms. The monoisotopic (exact) mass is 516 g/mol. The van der Waals surface area contributed by atoms with E-state index >= 15 is 0 Å². The van der Waals surface area contributed by atoms with E-state index in [2.05, 4.69) is 10.3 Å². The Morgan fingerprint density at radius 3 is 2.33 bits per heavy atom. The van der Waals surface area contributed by atoms with Crippen molar-refractivity contribution in [2.75, 3.05) is 13.1 Å². The number of aliphatic imine (C=N–C) groups is 1. The number of nitrogens with one attached hydrogen (secondary N) is 2. The highest BCUT2D eigenvalue weighted by molar-refractivity contribution is 7.89. The van der Waals surface area contributed by atoms with Gasteiger partial charge in [-0.15, -0.1) is 0 Å². The lowest BCUT2D eigenvalue weighted by molar-refractivity contribution is -0.120. The van der Waals surface area contributed by atoms with Crippen LogP contribution in [0.15, 0.2) is 58.4 Å². The lowest BCUT2D eigenvalue weighted by Crippen LogP contribution is -2.39. The van der Waals surface area contributed by atoms with Crippen molar-refractivity contribution in [1.29, 1.82) is 5.41 Å². The highest BCUT2D eigenvalue weighted by Gasteiger charge is 2.25. The summed E-state index contributed by atoms with van der Waals surface area (Å²) in [4.78, 5) is 17.1. The number of hydrogen-bond donors (Lipinski definition) is 2. The summed E-state index contributed by atoms with van der Waals surface area (Å²) in [5.41, 5.74) is 1.25. The van der Waals surface area contributed by atoms with Crippen molar-refractivity contribution in [2.45, 2.75) is 51.1 Å². The van der Waals surface area contributed by atoms with Gasteiger partial charge in [0.1, 0.15) is 17.8 Å². The van der Waals surface area contributed by atoms with Gasteiger partial charge >= 0.3 is 0 Å². The number of halogens is 2. The van der Waals surface area contributed by atoms with Crippen LogP contribution in [0.2, 0.25) is 0 Å². The van der Waals surface area contributed by atoms with Gasteiger partial charge < -0.3 is 10.7 Å². The van der Waals surface area contributed by atoms with E-state index in [4.69, 9.17) is 5.41 Å². The molecule has 0 spiro atoms. The fourth-order valence-electron chi connectivity index (χ4n) is 3.97. The van der Waals surface area contributed by atoms with Crippen LogP contribution in [0.3, 0.4) is 0 Å². The SMILES string of the molecule is CCCN(CCC)S(=O)(=O)c1ccc(C2=NC(/C=C(\C(C)=N)c3ccc(F)cc3F)NC(=O)C2)cc1. The molecule has 0 aliphatic carbocycles. The smallest absolute Gasteiger partial charge is 0.243 e. The highest BCUT2D eigenvalue weighted by Crippen LogP contribution is 2.23. The number of rotatable bonds is 10. The van der Waals surface area contributed by atoms with Crippen LogP contribution >= 0.6 is 0 Å². The van der Waals surface area contributed by atoms with Crippen LogP contribution in [0, 0.1) is 17.0 Å². The Morgan fingerprint density at radius 2 is 1.78 bits per heavy atom. The summed E-state index contributed by atoms with van der Waals surface area (Å²) >= 11 is 0. The van der Waals surface area contributed by atoms with Gasteiger partial charge in [-0.25, -0.2) is 17.2 Å². The maximum atomic E-state index is 14.4. The molecular weight excluding hydrogens is 486 g/mol. The molecule has 1 amide bonds. The Balaban J connectivity index is 1.94. The minimum Gasteiger partial charge on any atom is -0.331 e. The molecule has 1 heterocycles. The number of allylic oxidation sites excluding steroid dienone is 1. The van der Waals surface area contributed by atoms with Gasteiger partial charge in [0.15, 0.2) is 0 Å². The summed E-state index contributed by atoms with van der Waals surface area (Å²) in [5.74, 6) is -1.88. The normalized spacial score (nSPS) is 16.6. The number of amides is 1. The van der Waals surface area contributed by atoms with E-state index in [1.54, 1.807) is 12.1 Å². The molecule has 0 radical (unpaired) electrons. The van der Waals surface area contributed by atoms with E-state index in [0.717, 1.165) is 12.1 Å². The van der Waals surface area contributed by atoms with E-state index in [-0.39, 0.29) is 34.1 Å². The second-order valence-electron chi connectivity index (χ2n) is 8.52. The third-order valence-electron chi connectivity index (χ3n) is 5.65. The number of carbonyl (C=O) groups is 1. The summed E-state index contributed by atoms with van der Waals surface area (Å²) in [6.07, 6.45) is 1.96. The zero-order chi connectivity index (χ0) is 26.5. The van der Waals surface area contributed by atoms with E-state index < -0.39 is 27.8 Å². The van der Waals surface area contributed by atoms with E-state index in [0.29, 0.717) is 37.2 Å². The predicted octanol–water partition coefficient (Wildman–Crippen LogP) is 4.53. The standard InChI is InChI=1S/C26H30F2N4O3S/c1-4-12-32(13-5-2)36(34,35)20-9-6-18(7-10-20)24-16-26(33)31-25(30-24)15-22(17(3)29)21-11-8-19(27)14-23(21)28/h6-11,14-15,25,29H,4-5,12-13,16H2,1-3H3,(H,31,33)/b22-15+,29-17?. The highest BCUT2D eigenvalue weighted by atomic mass is 32.2. The second-order valence-corrected chi connectivity index (χ2v) is 10.5. The van der Waals surface area contributed by atoms with Crippen LogP contribution in [0.4, 0.5) is 8.78 Å². The minimum absolute atomic E-state index is 0.0158. The maximum absolute atomic E-state index is 14.4. The van der Waals surface area contributed by atoms with Gasteiger partial charge in [0, 0.05) is 36.0 Å². The lowest BCUT2D eigenvalue weighted by atomic mass is 9.99. The molecule has 0 bridgehead atoms. The predicted molar refractivity (Wildman–Crippen MR) is 137 cm³/mol. The first kappa shape index (κ1) is 27.3. The molecule has 7 nitrogen and oxygen atoms in total. The number of benzene rings is 2. The van der Waals surface area contributed by atoms with Crippen molar-refractivity contribution in [3.8, 4) is 0 Å². The molecule has 2 N–H and O–H groups in total. The van der Waals surface area contributed by atoms with Crippen LogP contribution in [0.5, 0.6) is 0 Å². The average molecular weight is 517 g/mol. The fourth-order valence-corrected chi connectivity index (χ4v) is 5.60. The van der Waals surface area contributed by atoms with Gasteiger partial charge in [-0.05, 0) is 55.7 Å². The summed E-state index contributed by atoms with van der Waals surface area (Å²) in [7, 11) is -3.64. The Bertz CT molecular complexity index is 1300. The molecule has 0 aromatic heterocycles. The van der Waals surface area contributed by atoms with Crippen molar-refractivity contribution >= 4 is 32.9 Å². The van der Waals surface area contributed by atoms with Crippen LogP contribution in [-0.4, -0.2) is 49.3 Å². The first-order valence-electron chi connectivity index (χ1n) is 11.8. The van der Waals surface area contributed by atoms with Crippen molar-refractivity contribution < 1.29 is 22.0 Å². The van der Waals surface area contributed by atoms with Crippen molar-refractivity contribution in [3.63, 3.8) is 0 Å². The summed E-state index contributed by atoms with van der Waals surface area (Å²) < 4.78 is 55.2. The minimum atomic E-state index is -3.64. The van der Waals surface area contributed by atoms with Gasteiger partial charge in [0.25, 0.3) is 0 Å². The molecular formula is C26H30F2N4O3S. The quantitative estimate of drug-likeness (QED) is 0.454. The maximum Gasteiger partial charge on any atom is 0.243 e. The van der Waals surface area contributed by atoms with Crippen molar-refractivity contribution in [2.24, 2.45) is 4.99 Å². The molecule has 0 saturated heterocycles. The Kier molecular flexibility index (Phi) is 8.86. The molecule has 1 atom stereocenters. The topological polar surface area (TPSA) is 103 Å². The average Bonchev–Trinajstić information content (AvgIpc) is 2.82. The molecule has 1 aliphatic heterocycles. The number of nitrogens with zero attached hydrogens (tertiary/aromatic N) is 2. The van der Waals surface area contributed by atoms with E-state index in [1.807, 2.05) is 13.8 Å². The Labute approximate surface area is 210 Å². The zero-order valence-electron chi connectivity index (χ0n) is 20.5. The molecule has 1 aliphatic rings. The largest absolute Gasteiger partial charge is 0.331 e. The van der Waals surface area contributed by atoms with Crippen LogP contribution in [0.25, 0.3) is 5.57 Å². The van der Waals surface area contributed by atoms with Gasteiger partial charge in [0.2, 0.25) is 15.9 Å². The molecule has 3 rings (SSSR count). The Hall–Kier alpha value is -3.24.